The Labute approximate surface area is 179 Å². The van der Waals surface area contributed by atoms with E-state index in [0.717, 1.165) is 24.0 Å². The highest BCUT2D eigenvalue weighted by Crippen LogP contribution is 2.31. The molecule has 5 heteroatoms. The lowest BCUT2D eigenvalue weighted by molar-refractivity contribution is -0.890. The molecule has 2 aromatic rings. The summed E-state index contributed by atoms with van der Waals surface area (Å²) in [6, 6.07) is 18.0. The van der Waals surface area contributed by atoms with Crippen molar-refractivity contribution in [3.63, 3.8) is 0 Å². The van der Waals surface area contributed by atoms with E-state index in [1.54, 1.807) is 24.3 Å². The number of carbonyl (C=O) groups is 1. The average molecular weight is 450 g/mol. The van der Waals surface area contributed by atoms with Gasteiger partial charge in [-0.1, -0.05) is 74.0 Å². The number of hydrogen-bond acceptors (Lipinski definition) is 3. The van der Waals surface area contributed by atoms with Crippen molar-refractivity contribution < 1.29 is 36.1 Å². The summed E-state index contributed by atoms with van der Waals surface area (Å²) in [5, 5.41) is 11.3. The molecule has 0 bridgehead atoms. The monoisotopic (exact) mass is 449 g/mol. The van der Waals surface area contributed by atoms with Gasteiger partial charge < -0.3 is 31.3 Å². The van der Waals surface area contributed by atoms with Gasteiger partial charge in [-0.3, -0.25) is 0 Å². The van der Waals surface area contributed by atoms with Crippen LogP contribution in [0.3, 0.4) is 0 Å². The number of quaternary nitrogens is 1. The number of esters is 1. The minimum atomic E-state index is -1.80. The second kappa shape index (κ2) is 11.3. The van der Waals surface area contributed by atoms with Gasteiger partial charge in [-0.2, -0.15) is 0 Å². The molecule has 28 heavy (non-hydrogen) atoms. The van der Waals surface area contributed by atoms with Gasteiger partial charge in [0.1, 0.15) is 13.2 Å². The summed E-state index contributed by atoms with van der Waals surface area (Å²) >= 11 is 0. The minimum Gasteiger partial charge on any atom is -1.00 e. The third-order valence-electron chi connectivity index (χ3n) is 4.98. The molecule has 0 aliphatic rings. The van der Waals surface area contributed by atoms with Gasteiger partial charge in [-0.05, 0) is 24.0 Å². The number of hydrogen-bond donors (Lipinski definition) is 1. The van der Waals surface area contributed by atoms with Crippen molar-refractivity contribution in [2.45, 2.75) is 31.8 Å². The smallest absolute Gasteiger partial charge is 0.347 e. The third kappa shape index (κ3) is 6.43. The molecule has 0 aliphatic carbocycles. The van der Waals surface area contributed by atoms with E-state index in [2.05, 4.69) is 21.0 Å². The van der Waals surface area contributed by atoms with Crippen molar-refractivity contribution >= 4 is 5.97 Å². The standard InChI is InChI=1S/C23H32NO3.BrH/c1-4-5-12-17-24(2,3)18-19-27-22(25)23(26,20-13-8-6-9-14-20)21-15-10-7-11-16-21;/h6-11,13-16,26H,4-5,12,17-19H2,1-3H3;1H/q+1;/p-1. The Morgan fingerprint density at radius 1 is 0.929 bits per heavy atom. The number of carbonyl (C=O) groups excluding carboxylic acids is 1. The summed E-state index contributed by atoms with van der Waals surface area (Å²) < 4.78 is 6.35. The lowest BCUT2D eigenvalue weighted by Gasteiger charge is -2.31. The lowest BCUT2D eigenvalue weighted by Crippen LogP contribution is -3.00. The van der Waals surface area contributed by atoms with Crippen LogP contribution in [0, 0.1) is 0 Å². The lowest BCUT2D eigenvalue weighted by atomic mass is 9.86. The molecule has 2 aromatic carbocycles. The number of nitrogens with zero attached hydrogens (tertiary/aromatic N) is 1. The van der Waals surface area contributed by atoms with Gasteiger partial charge in [0, 0.05) is 0 Å². The first-order valence-electron chi connectivity index (χ1n) is 9.73. The van der Waals surface area contributed by atoms with Gasteiger partial charge in [0.25, 0.3) is 0 Å². The van der Waals surface area contributed by atoms with Crippen molar-refractivity contribution in [3.8, 4) is 0 Å². The predicted octanol–water partition coefficient (Wildman–Crippen LogP) is 0.736. The summed E-state index contributed by atoms with van der Waals surface area (Å²) in [5.41, 5.74) is -0.780. The average Bonchev–Trinajstić information content (AvgIpc) is 2.68. The van der Waals surface area contributed by atoms with E-state index in [-0.39, 0.29) is 23.6 Å². The zero-order chi connectivity index (χ0) is 19.8. The Hall–Kier alpha value is -1.69. The maximum atomic E-state index is 12.9. The van der Waals surface area contributed by atoms with Crippen LogP contribution in [-0.2, 0) is 15.1 Å². The molecule has 0 atom stereocenters. The summed E-state index contributed by atoms with van der Waals surface area (Å²) in [5.74, 6) is -0.631. The minimum absolute atomic E-state index is 0. The van der Waals surface area contributed by atoms with Crippen LogP contribution in [0.25, 0.3) is 0 Å². The summed E-state index contributed by atoms with van der Waals surface area (Å²) in [6.45, 7) is 4.23. The first-order chi connectivity index (χ1) is 12.9. The van der Waals surface area contributed by atoms with Gasteiger partial charge >= 0.3 is 5.97 Å². The van der Waals surface area contributed by atoms with Crippen LogP contribution in [0.1, 0.15) is 37.3 Å². The molecule has 4 nitrogen and oxygen atoms in total. The van der Waals surface area contributed by atoms with Crippen LogP contribution < -0.4 is 17.0 Å². The topological polar surface area (TPSA) is 46.5 Å². The molecule has 0 aliphatic heterocycles. The largest absolute Gasteiger partial charge is 1.00 e. The second-order valence-corrected chi connectivity index (χ2v) is 7.67. The summed E-state index contributed by atoms with van der Waals surface area (Å²) in [4.78, 5) is 12.9. The number of benzene rings is 2. The fraction of sp³-hybridized carbons (Fsp3) is 0.435. The van der Waals surface area contributed by atoms with Gasteiger partial charge in [0.05, 0.1) is 20.6 Å². The third-order valence-corrected chi connectivity index (χ3v) is 4.98. The fourth-order valence-corrected chi connectivity index (χ4v) is 3.15. The van der Waals surface area contributed by atoms with E-state index in [0.29, 0.717) is 11.1 Å². The molecular weight excluding hydrogens is 418 g/mol. The number of likely N-dealkylation sites (N-methyl/N-ethyl adjacent to an activating group) is 1. The van der Waals surface area contributed by atoms with E-state index < -0.39 is 11.6 Å². The molecule has 0 aromatic heterocycles. The van der Waals surface area contributed by atoms with Crippen LogP contribution in [0.2, 0.25) is 0 Å². The van der Waals surface area contributed by atoms with Gasteiger partial charge in [-0.25, -0.2) is 4.79 Å². The van der Waals surface area contributed by atoms with E-state index in [9.17, 15) is 9.90 Å². The molecule has 0 saturated heterocycles. The van der Waals surface area contributed by atoms with Gasteiger partial charge in [0.2, 0.25) is 5.60 Å². The molecule has 0 fully saturated rings. The Morgan fingerprint density at radius 3 is 1.89 bits per heavy atom. The fourth-order valence-electron chi connectivity index (χ4n) is 3.15. The van der Waals surface area contributed by atoms with Crippen molar-refractivity contribution in [2.24, 2.45) is 0 Å². The highest BCUT2D eigenvalue weighted by molar-refractivity contribution is 5.85. The number of aliphatic hydroxyl groups is 1. The van der Waals surface area contributed by atoms with Crippen LogP contribution in [-0.4, -0.2) is 49.4 Å². The Bertz CT molecular complexity index is 665. The van der Waals surface area contributed by atoms with Gasteiger partial charge in [-0.15, -0.1) is 0 Å². The highest BCUT2D eigenvalue weighted by atomic mass is 79.9. The molecule has 0 amide bonds. The normalized spacial score (nSPS) is 11.6. The molecule has 0 spiro atoms. The van der Waals surface area contributed by atoms with E-state index in [1.165, 1.54) is 12.8 Å². The van der Waals surface area contributed by atoms with Crippen molar-refractivity contribution in [3.05, 3.63) is 71.8 Å². The quantitative estimate of drug-likeness (QED) is 0.330. The molecular formula is C23H32BrNO3. The van der Waals surface area contributed by atoms with Crippen LogP contribution in [0.5, 0.6) is 0 Å². The maximum absolute atomic E-state index is 12.9. The summed E-state index contributed by atoms with van der Waals surface area (Å²) in [7, 11) is 4.29. The Kier molecular flexibility index (Phi) is 9.87. The number of ether oxygens (including phenoxy) is 1. The van der Waals surface area contributed by atoms with Crippen molar-refractivity contribution in [1.82, 2.24) is 0 Å². The zero-order valence-corrected chi connectivity index (χ0v) is 18.7. The summed E-state index contributed by atoms with van der Waals surface area (Å²) in [6.07, 6.45) is 3.56. The first kappa shape index (κ1) is 24.3. The molecule has 0 saturated carbocycles. The molecule has 0 radical (unpaired) electrons. The number of halogens is 1. The van der Waals surface area contributed by atoms with E-state index >= 15 is 0 Å². The zero-order valence-electron chi connectivity index (χ0n) is 17.1. The first-order valence-corrected chi connectivity index (χ1v) is 9.73. The molecule has 0 heterocycles. The van der Waals surface area contributed by atoms with Crippen molar-refractivity contribution in [2.75, 3.05) is 33.8 Å². The molecule has 154 valence electrons. The molecule has 1 N–H and O–H groups in total. The maximum Gasteiger partial charge on any atom is 0.347 e. The molecule has 0 unspecified atom stereocenters. The van der Waals surface area contributed by atoms with Crippen LogP contribution >= 0.6 is 0 Å². The van der Waals surface area contributed by atoms with E-state index in [1.807, 2.05) is 36.4 Å². The van der Waals surface area contributed by atoms with Gasteiger partial charge in [0.15, 0.2) is 0 Å². The number of unbranched alkanes of at least 4 members (excludes halogenated alkanes) is 2. The van der Waals surface area contributed by atoms with Crippen LogP contribution in [0.15, 0.2) is 60.7 Å². The van der Waals surface area contributed by atoms with Crippen LogP contribution in [0.4, 0.5) is 0 Å². The number of rotatable bonds is 10. The Morgan fingerprint density at radius 2 is 1.43 bits per heavy atom. The van der Waals surface area contributed by atoms with Crippen molar-refractivity contribution in [1.29, 1.82) is 0 Å². The SMILES string of the molecule is CCCCC[N+](C)(C)CCOC(=O)C(O)(c1ccccc1)c1ccccc1.[Br-]. The highest BCUT2D eigenvalue weighted by Gasteiger charge is 2.41. The second-order valence-electron chi connectivity index (χ2n) is 7.67. The predicted molar refractivity (Wildman–Crippen MR) is 108 cm³/mol. The van der Waals surface area contributed by atoms with E-state index in [4.69, 9.17) is 4.74 Å². The molecule has 2 rings (SSSR count). The Balaban J connectivity index is 0.00000392.